The van der Waals surface area contributed by atoms with Crippen LogP contribution in [0.4, 0.5) is 0 Å². The van der Waals surface area contributed by atoms with Gasteiger partial charge in [-0.1, -0.05) is 18.2 Å². The van der Waals surface area contributed by atoms with Gasteiger partial charge < -0.3 is 14.2 Å². The molecule has 2 aromatic carbocycles. The van der Waals surface area contributed by atoms with Crippen molar-refractivity contribution in [1.82, 2.24) is 4.98 Å². The minimum absolute atomic E-state index is 0.549. The molecule has 0 fully saturated rings. The van der Waals surface area contributed by atoms with Crippen molar-refractivity contribution in [3.05, 3.63) is 47.0 Å². The molecular weight excluding hydrogens is 322 g/mol. The number of benzene rings is 2. The van der Waals surface area contributed by atoms with Crippen LogP contribution in [-0.2, 0) is 0 Å². The number of para-hydroxylation sites is 1. The first-order chi connectivity index (χ1) is 11.7. The third-order valence-corrected chi connectivity index (χ3v) is 4.50. The topological polar surface area (TPSA) is 40.6 Å². The first-order valence-electron chi connectivity index (χ1n) is 7.67. The molecule has 0 spiro atoms. The summed E-state index contributed by atoms with van der Waals surface area (Å²) in [6.07, 6.45) is 4.00. The van der Waals surface area contributed by atoms with Gasteiger partial charge in [0.05, 0.1) is 31.0 Å². The number of hydrogen-bond acceptors (Lipinski definition) is 5. The Bertz CT molecular complexity index is 812. The van der Waals surface area contributed by atoms with E-state index in [-0.39, 0.29) is 0 Å². The van der Waals surface area contributed by atoms with Gasteiger partial charge >= 0.3 is 0 Å². The molecule has 0 atom stereocenters. The Morgan fingerprint density at radius 1 is 1.04 bits per heavy atom. The van der Waals surface area contributed by atoms with Crippen molar-refractivity contribution >= 4 is 33.7 Å². The van der Waals surface area contributed by atoms with E-state index < -0.39 is 0 Å². The van der Waals surface area contributed by atoms with Crippen LogP contribution in [0.25, 0.3) is 22.4 Å². The van der Waals surface area contributed by atoms with Gasteiger partial charge in [-0.15, -0.1) is 11.3 Å². The third kappa shape index (κ3) is 3.36. The molecule has 0 amide bonds. The molecule has 4 nitrogen and oxygen atoms in total. The van der Waals surface area contributed by atoms with Gasteiger partial charge in [-0.05, 0) is 42.8 Å². The Balaban J connectivity index is 1.93. The number of fused-ring (bicyclic) bond motifs is 1. The Hall–Kier alpha value is -2.53. The Morgan fingerprint density at radius 3 is 2.38 bits per heavy atom. The van der Waals surface area contributed by atoms with Gasteiger partial charge in [0, 0.05) is 0 Å². The summed E-state index contributed by atoms with van der Waals surface area (Å²) in [5, 5.41) is 0.961. The lowest BCUT2D eigenvalue weighted by atomic mass is 10.1. The van der Waals surface area contributed by atoms with Gasteiger partial charge in [-0.25, -0.2) is 4.98 Å². The van der Waals surface area contributed by atoms with Gasteiger partial charge in [0.1, 0.15) is 5.01 Å². The summed E-state index contributed by atoms with van der Waals surface area (Å²) in [5.74, 6) is 1.93. The summed E-state index contributed by atoms with van der Waals surface area (Å²) in [6.45, 7) is 2.48. The van der Waals surface area contributed by atoms with E-state index in [0.29, 0.717) is 23.9 Å². The van der Waals surface area contributed by atoms with Crippen LogP contribution in [0, 0.1) is 0 Å². The molecule has 0 bridgehead atoms. The van der Waals surface area contributed by atoms with E-state index in [9.17, 15) is 0 Å². The summed E-state index contributed by atoms with van der Waals surface area (Å²) < 4.78 is 17.7. The first-order valence-corrected chi connectivity index (χ1v) is 8.49. The number of ether oxygens (including phenoxy) is 3. The van der Waals surface area contributed by atoms with E-state index in [4.69, 9.17) is 14.2 Å². The highest BCUT2D eigenvalue weighted by Crippen LogP contribution is 2.39. The summed E-state index contributed by atoms with van der Waals surface area (Å²) in [4.78, 5) is 4.60. The molecule has 0 aliphatic carbocycles. The van der Waals surface area contributed by atoms with Crippen molar-refractivity contribution in [2.75, 3.05) is 20.8 Å². The fourth-order valence-corrected chi connectivity index (χ4v) is 3.28. The van der Waals surface area contributed by atoms with E-state index in [1.807, 2.05) is 49.4 Å². The lowest BCUT2D eigenvalue weighted by Crippen LogP contribution is -1.99. The first kappa shape index (κ1) is 16.3. The van der Waals surface area contributed by atoms with Gasteiger partial charge in [-0.2, -0.15) is 0 Å². The second-order valence-electron chi connectivity index (χ2n) is 5.04. The average Bonchev–Trinajstić information content (AvgIpc) is 3.03. The minimum atomic E-state index is 0.549. The predicted molar refractivity (Wildman–Crippen MR) is 99.3 cm³/mol. The number of methoxy groups -OCH3 is 2. The van der Waals surface area contributed by atoms with Gasteiger partial charge in [0.25, 0.3) is 0 Å². The standard InChI is InChI=1S/C19H19NO3S/c1-4-23-19-15(21-2)11-13(12-16(19)22-3)9-10-18-20-14-7-5-6-8-17(14)24-18/h5-12H,4H2,1-3H3/b10-9+. The van der Waals surface area contributed by atoms with Crippen LogP contribution < -0.4 is 14.2 Å². The minimum Gasteiger partial charge on any atom is -0.493 e. The van der Waals surface area contributed by atoms with Crippen LogP contribution in [0.3, 0.4) is 0 Å². The van der Waals surface area contributed by atoms with E-state index in [0.717, 1.165) is 16.1 Å². The SMILES string of the molecule is CCOc1c(OC)cc(/C=C/c2nc3ccccc3s2)cc1OC. The lowest BCUT2D eigenvalue weighted by Gasteiger charge is -2.14. The zero-order valence-corrected chi connectivity index (χ0v) is 14.7. The smallest absolute Gasteiger partial charge is 0.203 e. The highest BCUT2D eigenvalue weighted by molar-refractivity contribution is 7.19. The lowest BCUT2D eigenvalue weighted by molar-refractivity contribution is 0.288. The Labute approximate surface area is 145 Å². The zero-order valence-electron chi connectivity index (χ0n) is 13.9. The monoisotopic (exact) mass is 341 g/mol. The molecule has 0 radical (unpaired) electrons. The van der Waals surface area contributed by atoms with Gasteiger partial charge in [0.15, 0.2) is 11.5 Å². The predicted octanol–water partition coefficient (Wildman–Crippen LogP) is 4.88. The molecule has 0 N–H and O–H groups in total. The molecule has 5 heteroatoms. The van der Waals surface area contributed by atoms with Crippen LogP contribution in [-0.4, -0.2) is 25.8 Å². The fraction of sp³-hybridized carbons (Fsp3) is 0.211. The molecule has 0 saturated heterocycles. The molecule has 3 rings (SSSR count). The number of hydrogen-bond donors (Lipinski definition) is 0. The van der Waals surface area contributed by atoms with E-state index in [2.05, 4.69) is 11.1 Å². The van der Waals surface area contributed by atoms with Crippen LogP contribution in [0.2, 0.25) is 0 Å². The van der Waals surface area contributed by atoms with Crippen molar-refractivity contribution in [3.8, 4) is 17.2 Å². The van der Waals surface area contributed by atoms with Crippen LogP contribution >= 0.6 is 11.3 Å². The average molecular weight is 341 g/mol. The molecule has 3 aromatic rings. The molecule has 1 aromatic heterocycles. The van der Waals surface area contributed by atoms with E-state index in [1.54, 1.807) is 25.6 Å². The van der Waals surface area contributed by atoms with Crippen LogP contribution in [0.15, 0.2) is 36.4 Å². The fourth-order valence-electron chi connectivity index (χ4n) is 2.41. The number of thiazole rings is 1. The summed E-state index contributed by atoms with van der Waals surface area (Å²) in [6, 6.07) is 12.0. The maximum Gasteiger partial charge on any atom is 0.203 e. The van der Waals surface area contributed by atoms with Crippen LogP contribution in [0.5, 0.6) is 17.2 Å². The molecule has 0 saturated carbocycles. The zero-order chi connectivity index (χ0) is 16.9. The molecule has 0 unspecified atom stereocenters. The largest absolute Gasteiger partial charge is 0.493 e. The van der Waals surface area contributed by atoms with Crippen molar-refractivity contribution < 1.29 is 14.2 Å². The maximum absolute atomic E-state index is 5.62. The molecule has 124 valence electrons. The highest BCUT2D eigenvalue weighted by atomic mass is 32.1. The van der Waals surface area contributed by atoms with E-state index in [1.165, 1.54) is 4.70 Å². The highest BCUT2D eigenvalue weighted by Gasteiger charge is 2.13. The van der Waals surface area contributed by atoms with Crippen molar-refractivity contribution in [2.45, 2.75) is 6.92 Å². The second-order valence-corrected chi connectivity index (χ2v) is 6.10. The second kappa shape index (κ2) is 7.36. The molecule has 24 heavy (non-hydrogen) atoms. The van der Waals surface area contributed by atoms with Gasteiger partial charge in [-0.3, -0.25) is 0 Å². The van der Waals surface area contributed by atoms with Crippen molar-refractivity contribution in [2.24, 2.45) is 0 Å². The summed E-state index contributed by atoms with van der Waals surface area (Å²) in [7, 11) is 3.25. The normalized spacial score (nSPS) is 11.1. The summed E-state index contributed by atoms with van der Waals surface area (Å²) >= 11 is 1.66. The molecule has 1 heterocycles. The number of nitrogens with zero attached hydrogens (tertiary/aromatic N) is 1. The summed E-state index contributed by atoms with van der Waals surface area (Å²) in [5.41, 5.74) is 1.98. The maximum atomic E-state index is 5.62. The molecule has 0 aliphatic heterocycles. The van der Waals surface area contributed by atoms with Gasteiger partial charge in [0.2, 0.25) is 5.75 Å². The molecule has 0 aliphatic rings. The van der Waals surface area contributed by atoms with Crippen LogP contribution in [0.1, 0.15) is 17.5 Å². The Morgan fingerprint density at radius 2 is 1.75 bits per heavy atom. The number of rotatable bonds is 6. The Kier molecular flexibility index (Phi) is 5.01. The van der Waals surface area contributed by atoms with Crippen molar-refractivity contribution in [3.63, 3.8) is 0 Å². The quantitative estimate of drug-likeness (QED) is 0.640. The molecular formula is C19H19NO3S. The van der Waals surface area contributed by atoms with E-state index >= 15 is 0 Å². The van der Waals surface area contributed by atoms with Crippen molar-refractivity contribution in [1.29, 1.82) is 0 Å². The third-order valence-electron chi connectivity index (χ3n) is 3.50. The number of aromatic nitrogens is 1.